The number of nitro groups is 1. The molecule has 8 nitrogen and oxygen atoms in total. The molecule has 0 bridgehead atoms. The molecule has 0 fully saturated rings. The van der Waals surface area contributed by atoms with Gasteiger partial charge in [0.05, 0.1) is 16.0 Å². The fraction of sp³-hybridized carbons (Fsp3) is 0.261. The third-order valence-corrected chi connectivity index (χ3v) is 5.63. The van der Waals surface area contributed by atoms with E-state index in [4.69, 9.17) is 4.74 Å². The van der Waals surface area contributed by atoms with Gasteiger partial charge in [0.1, 0.15) is 5.69 Å². The minimum absolute atomic E-state index is 0.112. The van der Waals surface area contributed by atoms with E-state index in [1.807, 2.05) is 24.3 Å². The first-order valence-corrected chi connectivity index (χ1v) is 9.99. The molecule has 31 heavy (non-hydrogen) atoms. The Hall–Kier alpha value is -3.81. The minimum Gasteiger partial charge on any atom is -0.452 e. The van der Waals surface area contributed by atoms with Crippen LogP contribution in [0.1, 0.15) is 39.2 Å². The SMILES string of the molecule is Cc1ccc([N+](=O)[O-])c(NC(=O)COC(=O)c2c3c(nc4ccccc24)CCC3)c1C. The number of nitrogens with zero attached hydrogens (tertiary/aromatic N) is 2. The predicted molar refractivity (Wildman–Crippen MR) is 115 cm³/mol. The first-order valence-electron chi connectivity index (χ1n) is 9.99. The van der Waals surface area contributed by atoms with Crippen LogP contribution in [0.25, 0.3) is 10.9 Å². The van der Waals surface area contributed by atoms with Crippen LogP contribution in [0.2, 0.25) is 0 Å². The number of rotatable bonds is 5. The molecule has 0 radical (unpaired) electrons. The molecule has 1 amide bonds. The van der Waals surface area contributed by atoms with E-state index >= 15 is 0 Å². The Bertz CT molecular complexity index is 1240. The highest BCUT2D eigenvalue weighted by molar-refractivity contribution is 6.06. The van der Waals surface area contributed by atoms with Gasteiger partial charge < -0.3 is 10.1 Å². The van der Waals surface area contributed by atoms with Crippen molar-refractivity contribution >= 4 is 34.2 Å². The average molecular weight is 419 g/mol. The van der Waals surface area contributed by atoms with Crippen molar-refractivity contribution in [1.82, 2.24) is 4.98 Å². The monoisotopic (exact) mass is 419 g/mol. The van der Waals surface area contributed by atoms with Gasteiger partial charge >= 0.3 is 5.97 Å². The van der Waals surface area contributed by atoms with E-state index in [-0.39, 0.29) is 11.4 Å². The largest absolute Gasteiger partial charge is 0.452 e. The first-order chi connectivity index (χ1) is 14.9. The quantitative estimate of drug-likeness (QED) is 0.379. The van der Waals surface area contributed by atoms with Gasteiger partial charge in [0.25, 0.3) is 11.6 Å². The number of anilines is 1. The van der Waals surface area contributed by atoms with E-state index in [9.17, 15) is 19.7 Å². The number of amides is 1. The molecular weight excluding hydrogens is 398 g/mol. The molecule has 1 aliphatic rings. The molecule has 0 aliphatic heterocycles. The van der Waals surface area contributed by atoms with Crippen molar-refractivity contribution in [2.24, 2.45) is 0 Å². The Morgan fingerprint density at radius 3 is 2.71 bits per heavy atom. The molecule has 8 heteroatoms. The Balaban J connectivity index is 1.55. The number of fused-ring (bicyclic) bond motifs is 2. The molecule has 0 saturated heterocycles. The van der Waals surface area contributed by atoms with Crippen LogP contribution in [-0.2, 0) is 22.4 Å². The number of esters is 1. The van der Waals surface area contributed by atoms with Crippen LogP contribution in [-0.4, -0.2) is 28.4 Å². The van der Waals surface area contributed by atoms with E-state index in [1.165, 1.54) is 6.07 Å². The van der Waals surface area contributed by atoms with E-state index in [0.29, 0.717) is 22.0 Å². The summed E-state index contributed by atoms with van der Waals surface area (Å²) in [6, 6.07) is 10.3. The van der Waals surface area contributed by atoms with Crippen molar-refractivity contribution in [1.29, 1.82) is 0 Å². The van der Waals surface area contributed by atoms with Crippen LogP contribution in [0.3, 0.4) is 0 Å². The summed E-state index contributed by atoms with van der Waals surface area (Å²) < 4.78 is 5.32. The van der Waals surface area contributed by atoms with Crippen LogP contribution >= 0.6 is 0 Å². The fourth-order valence-corrected chi connectivity index (χ4v) is 3.93. The number of para-hydroxylation sites is 1. The number of pyridine rings is 1. The molecule has 158 valence electrons. The number of aryl methyl sites for hydroxylation is 2. The van der Waals surface area contributed by atoms with Crippen molar-refractivity contribution < 1.29 is 19.2 Å². The lowest BCUT2D eigenvalue weighted by atomic mass is 10.0. The summed E-state index contributed by atoms with van der Waals surface area (Å²) in [4.78, 5) is 40.8. The molecule has 4 rings (SSSR count). The summed E-state index contributed by atoms with van der Waals surface area (Å²) in [5, 5.41) is 14.5. The fourth-order valence-electron chi connectivity index (χ4n) is 3.93. The zero-order valence-corrected chi connectivity index (χ0v) is 17.2. The number of nitrogens with one attached hydrogen (secondary N) is 1. The molecule has 0 atom stereocenters. The predicted octanol–water partition coefficient (Wildman–Crippen LogP) is 4.04. The van der Waals surface area contributed by atoms with Gasteiger partial charge in [-0.05, 0) is 55.9 Å². The molecule has 1 heterocycles. The zero-order valence-electron chi connectivity index (χ0n) is 17.2. The Kier molecular flexibility index (Phi) is 5.37. The number of benzene rings is 2. The molecule has 2 aromatic carbocycles. The van der Waals surface area contributed by atoms with Gasteiger partial charge in [-0.1, -0.05) is 24.3 Å². The lowest BCUT2D eigenvalue weighted by Crippen LogP contribution is -2.22. The highest BCUT2D eigenvalue weighted by Gasteiger charge is 2.26. The van der Waals surface area contributed by atoms with Crippen LogP contribution < -0.4 is 5.32 Å². The van der Waals surface area contributed by atoms with Crippen LogP contribution in [0.4, 0.5) is 11.4 Å². The molecule has 1 aromatic heterocycles. The lowest BCUT2D eigenvalue weighted by molar-refractivity contribution is -0.384. The third-order valence-electron chi connectivity index (χ3n) is 5.63. The summed E-state index contributed by atoms with van der Waals surface area (Å²) in [5.74, 6) is -1.23. The van der Waals surface area contributed by atoms with Gasteiger partial charge in [-0.25, -0.2) is 4.79 Å². The first kappa shape index (κ1) is 20.5. The topological polar surface area (TPSA) is 111 Å². The molecule has 0 saturated carbocycles. The van der Waals surface area contributed by atoms with E-state index in [2.05, 4.69) is 10.3 Å². The van der Waals surface area contributed by atoms with Gasteiger partial charge in [-0.3, -0.25) is 19.9 Å². The zero-order chi connectivity index (χ0) is 22.1. The normalized spacial score (nSPS) is 12.5. The number of nitro benzene ring substituents is 1. The Morgan fingerprint density at radius 1 is 1.16 bits per heavy atom. The van der Waals surface area contributed by atoms with Crippen molar-refractivity contribution in [3.05, 3.63) is 74.5 Å². The van der Waals surface area contributed by atoms with Gasteiger partial charge in [0, 0.05) is 17.1 Å². The number of carbonyl (C=O) groups excluding carboxylic acids is 2. The number of aromatic nitrogens is 1. The Labute approximate surface area is 178 Å². The van der Waals surface area contributed by atoms with Crippen molar-refractivity contribution in [3.63, 3.8) is 0 Å². The maximum Gasteiger partial charge on any atom is 0.339 e. The third kappa shape index (κ3) is 3.84. The van der Waals surface area contributed by atoms with E-state index in [1.54, 1.807) is 19.9 Å². The lowest BCUT2D eigenvalue weighted by Gasteiger charge is -2.13. The molecule has 0 spiro atoms. The minimum atomic E-state index is -0.639. The second-order valence-corrected chi connectivity index (χ2v) is 7.57. The van der Waals surface area contributed by atoms with Crippen molar-refractivity contribution in [2.75, 3.05) is 11.9 Å². The van der Waals surface area contributed by atoms with Gasteiger partial charge in [-0.2, -0.15) is 0 Å². The summed E-state index contributed by atoms with van der Waals surface area (Å²) in [6.07, 6.45) is 2.45. The second-order valence-electron chi connectivity index (χ2n) is 7.57. The summed E-state index contributed by atoms with van der Waals surface area (Å²) in [5.41, 5.74) is 4.22. The van der Waals surface area contributed by atoms with Gasteiger partial charge in [0.2, 0.25) is 0 Å². The number of hydrogen-bond donors (Lipinski definition) is 1. The van der Waals surface area contributed by atoms with Crippen LogP contribution in [0, 0.1) is 24.0 Å². The van der Waals surface area contributed by atoms with Crippen LogP contribution in [0.5, 0.6) is 0 Å². The van der Waals surface area contributed by atoms with E-state index < -0.39 is 23.4 Å². The van der Waals surface area contributed by atoms with E-state index in [0.717, 1.165) is 36.1 Å². The molecule has 0 unspecified atom stereocenters. The average Bonchev–Trinajstić information content (AvgIpc) is 3.21. The maximum absolute atomic E-state index is 12.9. The van der Waals surface area contributed by atoms with Crippen molar-refractivity contribution in [3.8, 4) is 0 Å². The molecular formula is C23H21N3O5. The number of ether oxygens (including phenoxy) is 1. The molecule has 1 aliphatic carbocycles. The highest BCUT2D eigenvalue weighted by Crippen LogP contribution is 2.31. The Morgan fingerprint density at radius 2 is 1.94 bits per heavy atom. The molecule has 3 aromatic rings. The summed E-state index contributed by atoms with van der Waals surface area (Å²) in [6.45, 7) is 2.94. The summed E-state index contributed by atoms with van der Waals surface area (Å²) in [7, 11) is 0. The van der Waals surface area contributed by atoms with Gasteiger partial charge in [-0.15, -0.1) is 0 Å². The number of hydrogen-bond acceptors (Lipinski definition) is 6. The second kappa shape index (κ2) is 8.14. The van der Waals surface area contributed by atoms with Gasteiger partial charge in [0.15, 0.2) is 6.61 Å². The highest BCUT2D eigenvalue weighted by atomic mass is 16.6. The smallest absolute Gasteiger partial charge is 0.339 e. The van der Waals surface area contributed by atoms with Crippen molar-refractivity contribution in [2.45, 2.75) is 33.1 Å². The number of carbonyl (C=O) groups is 2. The molecule has 1 N–H and O–H groups in total. The standard InChI is InChI=1S/C23H21N3O5/c1-13-10-11-19(26(29)30)22(14(13)2)25-20(27)12-31-23(28)21-15-6-3-4-8-17(15)24-18-9-5-7-16(18)21/h3-4,6,8,10-11H,5,7,9,12H2,1-2H3,(H,25,27). The van der Waals surface area contributed by atoms with Crippen LogP contribution in [0.15, 0.2) is 36.4 Å². The summed E-state index contributed by atoms with van der Waals surface area (Å²) >= 11 is 0. The maximum atomic E-state index is 12.9.